The van der Waals surface area contributed by atoms with Gasteiger partial charge in [-0.3, -0.25) is 43.9 Å². The van der Waals surface area contributed by atoms with E-state index in [1.165, 1.54) is 26.4 Å². The lowest BCUT2D eigenvalue weighted by Gasteiger charge is -2.19. The average molecular weight is 1160 g/mol. The lowest BCUT2D eigenvalue weighted by atomic mass is 10.0. The summed E-state index contributed by atoms with van der Waals surface area (Å²) in [6.07, 6.45) is 12.9. The van der Waals surface area contributed by atoms with Crippen molar-refractivity contribution in [1.82, 2.24) is 34.7 Å². The molecule has 1 aromatic heterocycles. The number of ether oxygens (including phenoxy) is 10. The summed E-state index contributed by atoms with van der Waals surface area (Å²) >= 11 is 0. The predicted molar refractivity (Wildman–Crippen MR) is 304 cm³/mol. The van der Waals surface area contributed by atoms with Crippen LogP contribution in [0.5, 0.6) is 23.0 Å². The molecular weight excluding hydrogens is 1090 g/mol. The second kappa shape index (κ2) is 29.4. The largest absolute Gasteiger partial charge is 0.493 e. The molecule has 0 radical (unpaired) electrons. The summed E-state index contributed by atoms with van der Waals surface area (Å²) in [7, 11) is 3.06. The monoisotopic (exact) mass is 1160 g/mol. The summed E-state index contributed by atoms with van der Waals surface area (Å²) in [5.74, 6) is 5.77. The number of rotatable bonds is 33. The highest BCUT2D eigenvalue weighted by atomic mass is 16.6. The van der Waals surface area contributed by atoms with Crippen LogP contribution in [0.2, 0.25) is 0 Å². The summed E-state index contributed by atoms with van der Waals surface area (Å²) in [6, 6.07) is 12.4. The number of amides is 5. The van der Waals surface area contributed by atoms with Crippen LogP contribution in [0.3, 0.4) is 0 Å². The van der Waals surface area contributed by atoms with Crippen molar-refractivity contribution in [2.45, 2.75) is 65.0 Å². The van der Waals surface area contributed by atoms with Gasteiger partial charge in [0.05, 0.1) is 147 Å². The second-order valence-corrected chi connectivity index (χ2v) is 20.2. The second-order valence-electron chi connectivity index (χ2n) is 20.2. The van der Waals surface area contributed by atoms with E-state index in [1.54, 1.807) is 51.2 Å². The van der Waals surface area contributed by atoms with Crippen molar-refractivity contribution in [3.63, 3.8) is 0 Å². The van der Waals surface area contributed by atoms with Crippen LogP contribution in [-0.4, -0.2) is 195 Å². The van der Waals surface area contributed by atoms with Crippen molar-refractivity contribution >= 4 is 53.3 Å². The van der Waals surface area contributed by atoms with Crippen molar-refractivity contribution in [2.24, 2.45) is 15.8 Å². The Bertz CT molecular complexity index is 3040. The molecule has 25 nitrogen and oxygen atoms in total. The number of hydrogen-bond donors (Lipinski definition) is 1. The first-order chi connectivity index (χ1) is 40.8. The summed E-state index contributed by atoms with van der Waals surface area (Å²) in [4.78, 5) is 76.5. The molecule has 0 saturated carbocycles. The molecule has 0 fully saturated rings. The Morgan fingerprint density at radius 2 is 1.06 bits per heavy atom. The highest BCUT2D eigenvalue weighted by Gasteiger charge is 2.34. The van der Waals surface area contributed by atoms with Crippen molar-refractivity contribution < 1.29 is 71.3 Å². The number of aromatic nitrogens is 3. The molecule has 2 atom stereocenters. The number of hydrogen-bond acceptors (Lipinski definition) is 20. The van der Waals surface area contributed by atoms with Crippen LogP contribution in [0, 0.1) is 0 Å². The van der Waals surface area contributed by atoms with E-state index in [1.807, 2.05) is 50.6 Å². The van der Waals surface area contributed by atoms with E-state index in [-0.39, 0.29) is 63.2 Å². The molecule has 0 aliphatic carbocycles. The van der Waals surface area contributed by atoms with Crippen LogP contribution < -0.4 is 24.8 Å². The Hall–Kier alpha value is -8.17. The molecule has 84 heavy (non-hydrogen) atoms. The minimum atomic E-state index is -0.444. The fraction of sp³-hybridized carbons (Fsp3) is 0.441. The minimum Gasteiger partial charge on any atom is -0.493 e. The van der Waals surface area contributed by atoms with Crippen LogP contribution in [-0.2, 0) is 62.6 Å². The number of imide groups is 1. The average Bonchev–Trinajstić information content (AvgIpc) is 2.51. The fourth-order valence-corrected chi connectivity index (χ4v) is 9.70. The first kappa shape index (κ1) is 60.4. The summed E-state index contributed by atoms with van der Waals surface area (Å²) in [6.45, 7) is 9.11. The zero-order valence-corrected chi connectivity index (χ0v) is 47.6. The Morgan fingerprint density at radius 3 is 1.54 bits per heavy atom. The minimum absolute atomic E-state index is 0.0276. The smallest absolute Gasteiger partial charge is 0.260 e. The Morgan fingerprint density at radius 1 is 0.595 bits per heavy atom. The van der Waals surface area contributed by atoms with Crippen molar-refractivity contribution in [3.8, 4) is 34.3 Å². The standard InChI is InChI=1S/C59H70N10O15/c1-39-23-44-32-61-48-30-53(51(75-3)28-46(48)58(73)67(44)34-39)83-37-41-25-42(38-84-54-31-49-47(29-52(54)76-4)59(74)68-35-40(2)24-45(68)33-62-49)27-43(26-41)50-36-65(64-63-50)9-11-77-13-15-79-17-19-81-21-22-82-20-18-80-16-14-78-12-10-69(60)57(72)7-8-66-55(70)5-6-56(66)71/h5-6,25-36,44-45H,7-24,37-38,60H2,1-4H3/t44-,45-/m0/s1. The van der Waals surface area contributed by atoms with Gasteiger partial charge in [0.25, 0.3) is 23.6 Å². The van der Waals surface area contributed by atoms with Gasteiger partial charge < -0.3 is 57.2 Å². The van der Waals surface area contributed by atoms with Gasteiger partial charge in [-0.2, -0.15) is 0 Å². The van der Waals surface area contributed by atoms with Crippen molar-refractivity contribution in [3.05, 3.63) is 107 Å². The molecule has 5 aliphatic heterocycles. The van der Waals surface area contributed by atoms with Crippen LogP contribution >= 0.6 is 0 Å². The lowest BCUT2D eigenvalue weighted by Crippen LogP contribution is -2.42. The van der Waals surface area contributed by atoms with Gasteiger partial charge in [-0.1, -0.05) is 16.4 Å². The highest BCUT2D eigenvalue weighted by Crippen LogP contribution is 2.41. The molecule has 0 spiro atoms. The van der Waals surface area contributed by atoms with Crippen molar-refractivity contribution in [2.75, 3.05) is 107 Å². The maximum absolute atomic E-state index is 13.6. The topological polar surface area (TPSA) is 272 Å². The van der Waals surface area contributed by atoms with E-state index in [2.05, 4.69) is 10.3 Å². The molecule has 5 aliphatic rings. The number of hydrazine groups is 1. The van der Waals surface area contributed by atoms with Gasteiger partial charge in [0, 0.05) is 67.6 Å². The lowest BCUT2D eigenvalue weighted by molar-refractivity contribution is -0.138. The molecule has 0 saturated heterocycles. The summed E-state index contributed by atoms with van der Waals surface area (Å²) in [5.41, 5.74) is 6.97. The maximum Gasteiger partial charge on any atom is 0.260 e. The maximum atomic E-state index is 13.6. The third kappa shape index (κ3) is 15.7. The zero-order valence-electron chi connectivity index (χ0n) is 47.6. The first-order valence-electron chi connectivity index (χ1n) is 27.7. The number of nitrogens with two attached hydrogens (primary N) is 1. The van der Waals surface area contributed by atoms with Gasteiger partial charge in [0.2, 0.25) is 5.91 Å². The molecule has 4 aromatic rings. The molecule has 446 valence electrons. The number of carbonyl (C=O) groups is 5. The fourth-order valence-electron chi connectivity index (χ4n) is 9.70. The van der Waals surface area contributed by atoms with Crippen LogP contribution in [0.15, 0.2) is 94.3 Å². The van der Waals surface area contributed by atoms with Gasteiger partial charge >= 0.3 is 0 Å². The van der Waals surface area contributed by atoms with E-state index in [4.69, 9.17) is 63.2 Å². The molecule has 0 unspecified atom stereocenters. The molecular formula is C59H70N10O15. The predicted octanol–water partition coefficient (Wildman–Crippen LogP) is 4.91. The van der Waals surface area contributed by atoms with Gasteiger partial charge in [0.15, 0.2) is 23.0 Å². The third-order valence-electron chi connectivity index (χ3n) is 14.0. The molecule has 5 amide bonds. The number of nitrogens with zero attached hydrogens (tertiary/aromatic N) is 9. The van der Waals surface area contributed by atoms with Crippen LogP contribution in [0.4, 0.5) is 11.4 Å². The van der Waals surface area contributed by atoms with Crippen LogP contribution in [0.25, 0.3) is 11.3 Å². The normalized spacial score (nSPS) is 16.8. The Labute approximate surface area is 486 Å². The van der Waals surface area contributed by atoms with Gasteiger partial charge in [-0.05, 0) is 68.1 Å². The first-order valence-corrected chi connectivity index (χ1v) is 27.7. The highest BCUT2D eigenvalue weighted by molar-refractivity contribution is 6.13. The number of carbonyl (C=O) groups excluding carboxylic acids is 5. The van der Waals surface area contributed by atoms with E-state index in [0.29, 0.717) is 130 Å². The van der Waals surface area contributed by atoms with Crippen LogP contribution in [0.1, 0.15) is 65.0 Å². The third-order valence-corrected chi connectivity index (χ3v) is 14.0. The molecule has 9 rings (SSSR count). The Balaban J connectivity index is 0.700. The van der Waals surface area contributed by atoms with E-state index >= 15 is 0 Å². The number of benzene rings is 3. The number of methoxy groups -OCH3 is 2. The number of aliphatic imine (C=N–C) groups is 2. The van der Waals surface area contributed by atoms with E-state index in [0.717, 1.165) is 50.6 Å². The molecule has 6 heterocycles. The van der Waals surface area contributed by atoms with E-state index < -0.39 is 17.7 Å². The van der Waals surface area contributed by atoms with Crippen molar-refractivity contribution in [1.29, 1.82) is 0 Å². The summed E-state index contributed by atoms with van der Waals surface area (Å²) < 4.78 is 59.7. The zero-order chi connectivity index (χ0) is 59.0. The SMILES string of the molecule is COc1cc2c(cc1OCc1cc(COc3cc4c(cc3OC)C(=O)N3C=C(C)C[C@H]3C=N4)cc(-c3cn(CCOCCOCCOCCOCCOCCOCCN(N)C(=O)CCN4C(=O)C=CC4=O)nn3)c1)N=C[C@@H]1CC(C)=CN1C2=O. The molecule has 25 heteroatoms. The summed E-state index contributed by atoms with van der Waals surface area (Å²) in [5, 5.41) is 9.90. The van der Waals surface area contributed by atoms with Gasteiger partial charge in [-0.25, -0.2) is 10.5 Å². The van der Waals surface area contributed by atoms with Gasteiger partial charge in [0.1, 0.15) is 18.9 Å². The van der Waals surface area contributed by atoms with Gasteiger partial charge in [-0.15, -0.1) is 5.10 Å². The quantitative estimate of drug-likeness (QED) is 0.0218. The van der Waals surface area contributed by atoms with E-state index in [9.17, 15) is 24.0 Å². The molecule has 3 aromatic carbocycles. The Kier molecular flexibility index (Phi) is 21.1. The molecule has 0 bridgehead atoms. The molecule has 2 N–H and O–H groups in total. The number of fused-ring (bicyclic) bond motifs is 4.